The van der Waals surface area contributed by atoms with Crippen molar-refractivity contribution >= 4 is 27.3 Å². The summed E-state index contributed by atoms with van der Waals surface area (Å²) < 4.78 is 66.0. The first-order valence-electron chi connectivity index (χ1n) is 6.33. The molecule has 0 aliphatic carbocycles. The van der Waals surface area contributed by atoms with Crippen molar-refractivity contribution in [2.75, 3.05) is 6.61 Å². The van der Waals surface area contributed by atoms with E-state index >= 15 is 0 Å². The molecule has 130 valence electrons. The number of hydrogen-bond donors (Lipinski definition) is 2. The SMILES string of the molecule is O=C(COc1cccc(C(F)(F)F)c1)NNS(=O)(=O)c1cccs1. The summed E-state index contributed by atoms with van der Waals surface area (Å²) in [4.78, 5) is 13.4. The Labute approximate surface area is 139 Å². The fourth-order valence-electron chi connectivity index (χ4n) is 1.54. The maximum atomic E-state index is 12.5. The molecule has 2 aromatic rings. The molecule has 1 aromatic carbocycles. The van der Waals surface area contributed by atoms with Gasteiger partial charge < -0.3 is 4.74 Å². The summed E-state index contributed by atoms with van der Waals surface area (Å²) in [6.07, 6.45) is -4.53. The average molecular weight is 380 g/mol. The van der Waals surface area contributed by atoms with Crippen LogP contribution in [0.3, 0.4) is 0 Å². The van der Waals surface area contributed by atoms with E-state index in [1.807, 2.05) is 10.3 Å². The summed E-state index contributed by atoms with van der Waals surface area (Å²) in [6.45, 7) is -0.658. The molecule has 2 rings (SSSR count). The molecule has 0 aliphatic rings. The average Bonchev–Trinajstić information content (AvgIpc) is 3.06. The van der Waals surface area contributed by atoms with E-state index in [-0.39, 0.29) is 9.96 Å². The second-order valence-electron chi connectivity index (χ2n) is 4.40. The number of halogens is 3. The second kappa shape index (κ2) is 7.20. The molecule has 0 radical (unpaired) electrons. The number of nitrogens with one attached hydrogen (secondary N) is 2. The Morgan fingerprint density at radius 1 is 1.21 bits per heavy atom. The zero-order valence-corrected chi connectivity index (χ0v) is 13.5. The van der Waals surface area contributed by atoms with Crippen molar-refractivity contribution in [3.8, 4) is 5.75 Å². The number of hydrogen-bond acceptors (Lipinski definition) is 5. The number of carbonyl (C=O) groups is 1. The van der Waals surface area contributed by atoms with E-state index in [1.165, 1.54) is 18.2 Å². The van der Waals surface area contributed by atoms with Crippen LogP contribution >= 0.6 is 11.3 Å². The van der Waals surface area contributed by atoms with E-state index in [9.17, 15) is 26.4 Å². The molecule has 2 N–H and O–H groups in total. The summed E-state index contributed by atoms with van der Waals surface area (Å²) in [5.41, 5.74) is 0.991. The monoisotopic (exact) mass is 380 g/mol. The van der Waals surface area contributed by atoms with Gasteiger partial charge in [0.25, 0.3) is 15.9 Å². The standard InChI is InChI=1S/C13H11F3N2O4S2/c14-13(15,16)9-3-1-4-10(7-9)22-8-11(19)17-18-24(20,21)12-5-2-6-23-12/h1-7,18H,8H2,(H,17,19). The first-order chi connectivity index (χ1) is 11.2. The lowest BCUT2D eigenvalue weighted by Gasteiger charge is -2.10. The van der Waals surface area contributed by atoms with E-state index in [0.717, 1.165) is 29.5 Å². The van der Waals surface area contributed by atoms with Crippen LogP contribution in [0.1, 0.15) is 5.56 Å². The Hall–Kier alpha value is -2.11. The molecule has 0 fully saturated rings. The highest BCUT2D eigenvalue weighted by molar-refractivity contribution is 7.91. The van der Waals surface area contributed by atoms with Gasteiger partial charge in [0, 0.05) is 0 Å². The van der Waals surface area contributed by atoms with Crippen LogP contribution in [-0.4, -0.2) is 20.9 Å². The lowest BCUT2D eigenvalue weighted by molar-refractivity contribution is -0.137. The number of hydrazine groups is 1. The number of sulfonamides is 1. The number of benzene rings is 1. The number of amides is 1. The van der Waals surface area contributed by atoms with Gasteiger partial charge in [-0.05, 0) is 29.6 Å². The van der Waals surface area contributed by atoms with Crippen LogP contribution in [0.25, 0.3) is 0 Å². The fraction of sp³-hybridized carbons (Fsp3) is 0.154. The van der Waals surface area contributed by atoms with E-state index in [1.54, 1.807) is 5.38 Å². The zero-order chi connectivity index (χ0) is 17.8. The highest BCUT2D eigenvalue weighted by Crippen LogP contribution is 2.31. The first kappa shape index (κ1) is 18.2. The van der Waals surface area contributed by atoms with Crippen LogP contribution in [0.15, 0.2) is 46.0 Å². The molecule has 24 heavy (non-hydrogen) atoms. The van der Waals surface area contributed by atoms with Crippen molar-refractivity contribution in [3.63, 3.8) is 0 Å². The van der Waals surface area contributed by atoms with Gasteiger partial charge in [0.2, 0.25) is 0 Å². The lowest BCUT2D eigenvalue weighted by Crippen LogP contribution is -2.43. The van der Waals surface area contributed by atoms with Gasteiger partial charge >= 0.3 is 6.18 Å². The summed E-state index contributed by atoms with van der Waals surface area (Å²) in [5, 5.41) is 1.55. The summed E-state index contributed by atoms with van der Waals surface area (Å²) in [6, 6.07) is 6.86. The van der Waals surface area contributed by atoms with Crippen LogP contribution in [0.5, 0.6) is 5.75 Å². The second-order valence-corrected chi connectivity index (χ2v) is 7.26. The van der Waals surface area contributed by atoms with E-state index in [2.05, 4.69) is 0 Å². The molecule has 0 saturated carbocycles. The van der Waals surface area contributed by atoms with Gasteiger partial charge in [0.1, 0.15) is 9.96 Å². The zero-order valence-electron chi connectivity index (χ0n) is 11.8. The molecule has 11 heteroatoms. The highest BCUT2D eigenvalue weighted by atomic mass is 32.2. The number of thiophene rings is 1. The van der Waals surface area contributed by atoms with Crippen LogP contribution in [-0.2, 0) is 21.0 Å². The summed E-state index contributed by atoms with van der Waals surface area (Å²) in [5.74, 6) is -1.03. The minimum Gasteiger partial charge on any atom is -0.484 e. The third-order valence-corrected chi connectivity index (χ3v) is 5.26. The van der Waals surface area contributed by atoms with E-state index < -0.39 is 34.3 Å². The Morgan fingerprint density at radius 3 is 2.58 bits per heavy atom. The van der Waals surface area contributed by atoms with Crippen LogP contribution in [0.4, 0.5) is 13.2 Å². The third kappa shape index (κ3) is 4.94. The van der Waals surface area contributed by atoms with E-state index in [0.29, 0.717) is 0 Å². The number of rotatable bonds is 6. The molecule has 0 bridgehead atoms. The molecule has 0 spiro atoms. The fourth-order valence-corrected chi connectivity index (χ4v) is 3.39. The molecule has 6 nitrogen and oxygen atoms in total. The Balaban J connectivity index is 1.88. The van der Waals surface area contributed by atoms with Crippen molar-refractivity contribution in [1.82, 2.24) is 10.3 Å². The maximum absolute atomic E-state index is 12.5. The molecule has 0 unspecified atom stereocenters. The van der Waals surface area contributed by atoms with Crippen LogP contribution in [0.2, 0.25) is 0 Å². The smallest absolute Gasteiger partial charge is 0.416 e. The molecular formula is C13H11F3N2O4S2. The highest BCUT2D eigenvalue weighted by Gasteiger charge is 2.30. The van der Waals surface area contributed by atoms with Gasteiger partial charge in [0.15, 0.2) is 6.61 Å². The van der Waals surface area contributed by atoms with Crippen LogP contribution in [0, 0.1) is 0 Å². The Bertz CT molecular complexity index is 805. The summed E-state index contributed by atoms with van der Waals surface area (Å²) in [7, 11) is -3.89. The minimum absolute atomic E-state index is 0.00148. The van der Waals surface area contributed by atoms with Crippen molar-refractivity contribution in [2.24, 2.45) is 0 Å². The molecule has 1 heterocycles. The molecule has 0 atom stereocenters. The van der Waals surface area contributed by atoms with Gasteiger partial charge in [-0.15, -0.1) is 16.2 Å². The van der Waals surface area contributed by atoms with Gasteiger partial charge in [-0.2, -0.15) is 13.2 Å². The molecule has 1 amide bonds. The molecular weight excluding hydrogens is 369 g/mol. The van der Waals surface area contributed by atoms with Crippen molar-refractivity contribution in [1.29, 1.82) is 0 Å². The van der Waals surface area contributed by atoms with Gasteiger partial charge in [-0.1, -0.05) is 12.1 Å². The number of carbonyl (C=O) groups excluding carboxylic acids is 1. The van der Waals surface area contributed by atoms with E-state index in [4.69, 9.17) is 4.74 Å². The van der Waals surface area contributed by atoms with Crippen molar-refractivity contribution in [2.45, 2.75) is 10.4 Å². The van der Waals surface area contributed by atoms with Gasteiger partial charge in [-0.25, -0.2) is 8.42 Å². The third-order valence-electron chi connectivity index (χ3n) is 2.62. The number of ether oxygens (including phenoxy) is 1. The normalized spacial score (nSPS) is 12.0. The molecule has 1 aromatic heterocycles. The molecule has 0 saturated heterocycles. The predicted octanol–water partition coefficient (Wildman–Crippen LogP) is 2.16. The van der Waals surface area contributed by atoms with Crippen molar-refractivity contribution < 1.29 is 31.1 Å². The Morgan fingerprint density at radius 2 is 1.96 bits per heavy atom. The lowest BCUT2D eigenvalue weighted by atomic mass is 10.2. The minimum atomic E-state index is -4.53. The predicted molar refractivity (Wildman–Crippen MR) is 79.7 cm³/mol. The largest absolute Gasteiger partial charge is 0.484 e. The van der Waals surface area contributed by atoms with Crippen LogP contribution < -0.4 is 15.0 Å². The summed E-state index contributed by atoms with van der Waals surface area (Å²) >= 11 is 0.956. The van der Waals surface area contributed by atoms with Crippen molar-refractivity contribution in [3.05, 3.63) is 47.3 Å². The quantitative estimate of drug-likeness (QED) is 0.752. The van der Waals surface area contributed by atoms with Gasteiger partial charge in [0.05, 0.1) is 5.56 Å². The maximum Gasteiger partial charge on any atom is 0.416 e. The topological polar surface area (TPSA) is 84.5 Å². The molecule has 0 aliphatic heterocycles. The van der Waals surface area contributed by atoms with Gasteiger partial charge in [-0.3, -0.25) is 10.2 Å². The number of alkyl halides is 3. The Kier molecular flexibility index (Phi) is 5.47. The first-order valence-corrected chi connectivity index (χ1v) is 8.69.